The Bertz CT molecular complexity index is 570. The Balaban J connectivity index is 1.81. The Morgan fingerprint density at radius 3 is 1.25 bits per heavy atom. The van der Waals surface area contributed by atoms with Gasteiger partial charge in [-0.3, -0.25) is 20.2 Å². The van der Waals surface area contributed by atoms with E-state index in [1.807, 2.05) is 0 Å². The predicted octanol–water partition coefficient (Wildman–Crippen LogP) is -0.552. The topological polar surface area (TPSA) is 116 Å². The normalized spacial score (nSPS) is 25.0. The first-order valence-electron chi connectivity index (χ1n) is 5.87. The molecule has 102 valence electrons. The molecule has 8 nitrogen and oxygen atoms in total. The number of carbonyl (C=O) groups excluding carboxylic acids is 4. The Morgan fingerprint density at radius 1 is 0.650 bits per heavy atom. The lowest BCUT2D eigenvalue weighted by atomic mass is 10.0. The van der Waals surface area contributed by atoms with Crippen molar-refractivity contribution in [3.8, 4) is 0 Å². The third-order valence-electron chi connectivity index (χ3n) is 3.15. The van der Waals surface area contributed by atoms with E-state index >= 15 is 0 Å². The van der Waals surface area contributed by atoms with Crippen LogP contribution in [0.25, 0.3) is 0 Å². The molecule has 0 unspecified atom stereocenters. The van der Waals surface area contributed by atoms with Crippen LogP contribution in [0.15, 0.2) is 24.3 Å². The lowest BCUT2D eigenvalue weighted by Gasteiger charge is -2.11. The van der Waals surface area contributed by atoms with E-state index in [-0.39, 0.29) is 0 Å². The van der Waals surface area contributed by atoms with Crippen molar-refractivity contribution in [2.45, 2.75) is 12.1 Å². The molecule has 2 saturated heterocycles. The average Bonchev–Trinajstić information content (AvgIpc) is 2.92. The predicted molar refractivity (Wildman–Crippen MR) is 65.3 cm³/mol. The summed E-state index contributed by atoms with van der Waals surface area (Å²) in [6, 6.07) is 3.97. The largest absolute Gasteiger partial charge is 0.322 e. The maximum atomic E-state index is 11.5. The number of hydrogen-bond donors (Lipinski definition) is 4. The summed E-state index contributed by atoms with van der Waals surface area (Å²) in [5, 5.41) is 9.23. The molecule has 1 aromatic carbocycles. The van der Waals surface area contributed by atoms with Crippen LogP contribution in [0.4, 0.5) is 9.59 Å². The lowest BCUT2D eigenvalue weighted by molar-refractivity contribution is -0.121. The van der Waals surface area contributed by atoms with Crippen molar-refractivity contribution in [1.82, 2.24) is 21.3 Å². The fourth-order valence-corrected chi connectivity index (χ4v) is 2.18. The molecule has 2 aliphatic heterocycles. The van der Waals surface area contributed by atoms with E-state index in [9.17, 15) is 19.2 Å². The molecule has 2 aliphatic rings. The molecule has 0 bridgehead atoms. The second-order valence-corrected chi connectivity index (χ2v) is 4.46. The van der Waals surface area contributed by atoms with Gasteiger partial charge in [-0.1, -0.05) is 24.3 Å². The highest BCUT2D eigenvalue weighted by Gasteiger charge is 2.33. The maximum Gasteiger partial charge on any atom is 0.322 e. The Kier molecular flexibility index (Phi) is 2.63. The summed E-state index contributed by atoms with van der Waals surface area (Å²) in [4.78, 5) is 45.1. The van der Waals surface area contributed by atoms with Crippen molar-refractivity contribution in [3.05, 3.63) is 35.4 Å². The van der Waals surface area contributed by atoms with Crippen LogP contribution in [0.3, 0.4) is 0 Å². The van der Waals surface area contributed by atoms with Crippen LogP contribution in [-0.2, 0) is 9.59 Å². The summed E-state index contributed by atoms with van der Waals surface area (Å²) in [5.41, 5.74) is 1.20. The van der Waals surface area contributed by atoms with Crippen LogP contribution in [0.2, 0.25) is 0 Å². The van der Waals surface area contributed by atoms with Gasteiger partial charge in [0.15, 0.2) is 0 Å². The number of nitrogens with one attached hydrogen (secondary N) is 4. The number of rotatable bonds is 2. The minimum Gasteiger partial charge on any atom is -0.322 e. The number of amides is 6. The zero-order chi connectivity index (χ0) is 14.3. The van der Waals surface area contributed by atoms with Gasteiger partial charge in [-0.2, -0.15) is 0 Å². The van der Waals surface area contributed by atoms with E-state index in [1.54, 1.807) is 24.3 Å². The minimum atomic E-state index is -0.733. The van der Waals surface area contributed by atoms with Gasteiger partial charge in [0, 0.05) is 0 Å². The van der Waals surface area contributed by atoms with Crippen LogP contribution < -0.4 is 21.3 Å². The van der Waals surface area contributed by atoms with Gasteiger partial charge in [0.1, 0.15) is 12.1 Å². The molecule has 4 N–H and O–H groups in total. The molecular formula is C12H10N4O4. The van der Waals surface area contributed by atoms with Crippen LogP contribution in [-0.4, -0.2) is 23.9 Å². The van der Waals surface area contributed by atoms with E-state index in [2.05, 4.69) is 21.3 Å². The second-order valence-electron chi connectivity index (χ2n) is 4.46. The number of urea groups is 2. The van der Waals surface area contributed by atoms with Crippen molar-refractivity contribution in [2.24, 2.45) is 0 Å². The fraction of sp³-hybridized carbons (Fsp3) is 0.167. The molecule has 0 aliphatic carbocycles. The molecule has 0 radical (unpaired) electrons. The van der Waals surface area contributed by atoms with Crippen molar-refractivity contribution < 1.29 is 19.2 Å². The molecule has 2 atom stereocenters. The summed E-state index contributed by atoms with van der Waals surface area (Å²) in [6.07, 6.45) is 0. The second kappa shape index (κ2) is 4.34. The summed E-state index contributed by atoms with van der Waals surface area (Å²) in [6.45, 7) is 0. The first-order valence-corrected chi connectivity index (χ1v) is 5.87. The van der Waals surface area contributed by atoms with Crippen LogP contribution in [0, 0.1) is 0 Å². The third kappa shape index (κ3) is 1.96. The molecule has 2 fully saturated rings. The number of hydrogen-bond acceptors (Lipinski definition) is 4. The molecule has 3 rings (SSSR count). The summed E-state index contributed by atoms with van der Waals surface area (Å²) in [7, 11) is 0. The minimum absolute atomic E-state index is 0.422. The summed E-state index contributed by atoms with van der Waals surface area (Å²) >= 11 is 0. The molecule has 0 spiro atoms. The highest BCUT2D eigenvalue weighted by Crippen LogP contribution is 2.21. The van der Waals surface area contributed by atoms with E-state index in [0.717, 1.165) is 0 Å². The van der Waals surface area contributed by atoms with Gasteiger partial charge >= 0.3 is 12.1 Å². The molecule has 0 saturated carbocycles. The van der Waals surface area contributed by atoms with E-state index in [4.69, 9.17) is 0 Å². The Labute approximate surface area is 112 Å². The molecule has 6 amide bonds. The van der Waals surface area contributed by atoms with Gasteiger partial charge in [-0.15, -0.1) is 0 Å². The third-order valence-corrected chi connectivity index (χ3v) is 3.15. The van der Waals surface area contributed by atoms with Crippen LogP contribution in [0.1, 0.15) is 23.2 Å². The van der Waals surface area contributed by atoms with Crippen molar-refractivity contribution in [3.63, 3.8) is 0 Å². The van der Waals surface area contributed by atoms with Crippen molar-refractivity contribution in [1.29, 1.82) is 0 Å². The summed E-state index contributed by atoms with van der Waals surface area (Å²) in [5.74, 6) is -0.843. The summed E-state index contributed by atoms with van der Waals surface area (Å²) < 4.78 is 0. The zero-order valence-corrected chi connectivity index (χ0v) is 10.1. The first-order chi connectivity index (χ1) is 9.54. The molecule has 2 heterocycles. The van der Waals surface area contributed by atoms with Gasteiger partial charge in [0.2, 0.25) is 0 Å². The number of benzene rings is 1. The van der Waals surface area contributed by atoms with Gasteiger partial charge in [-0.05, 0) is 11.1 Å². The first kappa shape index (κ1) is 12.2. The maximum absolute atomic E-state index is 11.5. The molecule has 0 aromatic heterocycles. The average molecular weight is 274 g/mol. The van der Waals surface area contributed by atoms with Gasteiger partial charge in [-0.25, -0.2) is 9.59 Å². The van der Waals surface area contributed by atoms with Crippen molar-refractivity contribution >= 4 is 23.9 Å². The smallest absolute Gasteiger partial charge is 0.322 e. The highest BCUT2D eigenvalue weighted by atomic mass is 16.2. The lowest BCUT2D eigenvalue weighted by Crippen LogP contribution is -2.22. The molecule has 1 aromatic rings. The monoisotopic (exact) mass is 274 g/mol. The molecule has 20 heavy (non-hydrogen) atoms. The van der Waals surface area contributed by atoms with Crippen LogP contribution in [0.5, 0.6) is 0 Å². The van der Waals surface area contributed by atoms with E-state index in [0.29, 0.717) is 11.1 Å². The van der Waals surface area contributed by atoms with Gasteiger partial charge < -0.3 is 10.6 Å². The Morgan fingerprint density at radius 2 is 1.00 bits per heavy atom. The highest BCUT2D eigenvalue weighted by molar-refractivity contribution is 6.05. The quantitative estimate of drug-likeness (QED) is 0.541. The van der Waals surface area contributed by atoms with E-state index in [1.165, 1.54) is 0 Å². The van der Waals surface area contributed by atoms with E-state index < -0.39 is 36.0 Å². The number of carbonyl (C=O) groups is 4. The zero-order valence-electron chi connectivity index (χ0n) is 10.1. The molecule has 8 heteroatoms. The van der Waals surface area contributed by atoms with Crippen molar-refractivity contribution in [2.75, 3.05) is 0 Å². The van der Waals surface area contributed by atoms with Gasteiger partial charge in [0.25, 0.3) is 11.8 Å². The Hall–Kier alpha value is -2.90. The number of imide groups is 2. The van der Waals surface area contributed by atoms with Crippen LogP contribution >= 0.6 is 0 Å². The SMILES string of the molecule is O=C1NC(=O)[C@@H](c2ccc([C@H]3NC(=O)NC3=O)cc2)N1. The van der Waals surface area contributed by atoms with Gasteiger partial charge in [0.05, 0.1) is 0 Å². The molecular weight excluding hydrogens is 264 g/mol. The fourth-order valence-electron chi connectivity index (χ4n) is 2.18. The standard InChI is InChI=1S/C12H10N4O4/c17-9-7(13-11(19)15-9)5-1-2-6(4-3-5)8-10(18)16-12(20)14-8/h1-4,7-8H,(H2,13,15,17,19)(H2,14,16,18,20)/t7-,8-/m1/s1.